The van der Waals surface area contributed by atoms with Gasteiger partial charge in [-0.1, -0.05) is 72.8 Å². The van der Waals surface area contributed by atoms with Crippen molar-refractivity contribution in [1.82, 2.24) is 0 Å². The van der Waals surface area contributed by atoms with E-state index in [9.17, 15) is 4.57 Å². The highest BCUT2D eigenvalue weighted by molar-refractivity contribution is 7.75. The van der Waals surface area contributed by atoms with Crippen LogP contribution in [0.3, 0.4) is 0 Å². The third-order valence-corrected chi connectivity index (χ3v) is 6.99. The second-order valence-electron chi connectivity index (χ2n) is 5.73. The standard InChI is InChI=1S/C21H17O2P/c1-23-24(22,20-14-6-10-16-8-2-4-12-18(16)20)21-15-7-11-17-9-3-5-13-19(17)21/h2-15H,1H3. The van der Waals surface area contributed by atoms with E-state index < -0.39 is 7.37 Å². The van der Waals surface area contributed by atoms with Crippen molar-refractivity contribution < 1.29 is 9.09 Å². The van der Waals surface area contributed by atoms with Gasteiger partial charge in [-0.25, -0.2) is 0 Å². The Labute approximate surface area is 141 Å². The molecule has 0 unspecified atom stereocenters. The number of hydrogen-bond acceptors (Lipinski definition) is 2. The zero-order valence-electron chi connectivity index (χ0n) is 13.3. The summed E-state index contributed by atoms with van der Waals surface area (Å²) in [6.07, 6.45) is 0. The van der Waals surface area contributed by atoms with E-state index in [0.717, 1.165) is 32.2 Å². The van der Waals surface area contributed by atoms with Crippen molar-refractivity contribution in [3.8, 4) is 0 Å². The molecule has 0 aliphatic rings. The van der Waals surface area contributed by atoms with E-state index in [0.29, 0.717) is 0 Å². The zero-order valence-corrected chi connectivity index (χ0v) is 14.2. The number of benzene rings is 4. The summed E-state index contributed by atoms with van der Waals surface area (Å²) in [6, 6.07) is 27.7. The van der Waals surface area contributed by atoms with Crippen molar-refractivity contribution in [2.24, 2.45) is 0 Å². The first-order valence-corrected chi connectivity index (χ1v) is 9.49. The molecule has 0 fully saturated rings. The predicted molar refractivity (Wildman–Crippen MR) is 102 cm³/mol. The Morgan fingerprint density at radius 2 is 1.04 bits per heavy atom. The molecule has 0 aliphatic carbocycles. The molecular formula is C21H17O2P. The Morgan fingerprint density at radius 1 is 0.625 bits per heavy atom. The minimum atomic E-state index is -3.20. The number of rotatable bonds is 3. The lowest BCUT2D eigenvalue weighted by Crippen LogP contribution is -2.19. The van der Waals surface area contributed by atoms with E-state index in [2.05, 4.69) is 0 Å². The topological polar surface area (TPSA) is 26.3 Å². The van der Waals surface area contributed by atoms with E-state index in [4.69, 9.17) is 4.52 Å². The third kappa shape index (κ3) is 2.27. The molecule has 0 radical (unpaired) electrons. The van der Waals surface area contributed by atoms with Crippen molar-refractivity contribution >= 4 is 39.5 Å². The van der Waals surface area contributed by atoms with Gasteiger partial charge in [0.1, 0.15) is 0 Å². The average Bonchev–Trinajstić information content (AvgIpc) is 2.66. The first kappa shape index (κ1) is 15.1. The van der Waals surface area contributed by atoms with Crippen LogP contribution in [0.5, 0.6) is 0 Å². The summed E-state index contributed by atoms with van der Waals surface area (Å²) in [4.78, 5) is 0. The molecule has 0 bridgehead atoms. The normalized spacial score (nSPS) is 11.9. The van der Waals surface area contributed by atoms with Gasteiger partial charge in [-0.2, -0.15) is 0 Å². The van der Waals surface area contributed by atoms with Crippen molar-refractivity contribution in [3.63, 3.8) is 0 Å². The van der Waals surface area contributed by atoms with Crippen LogP contribution in [0.15, 0.2) is 84.9 Å². The summed E-state index contributed by atoms with van der Waals surface area (Å²) >= 11 is 0. The van der Waals surface area contributed by atoms with Gasteiger partial charge in [0, 0.05) is 17.7 Å². The summed E-state index contributed by atoms with van der Waals surface area (Å²) in [5.41, 5.74) is 0. The molecule has 0 amide bonds. The maximum Gasteiger partial charge on any atom is 0.262 e. The van der Waals surface area contributed by atoms with Crippen molar-refractivity contribution in [3.05, 3.63) is 84.9 Å². The van der Waals surface area contributed by atoms with Crippen LogP contribution in [-0.4, -0.2) is 7.11 Å². The lowest BCUT2D eigenvalue weighted by atomic mass is 10.1. The Balaban J connectivity index is 2.07. The van der Waals surface area contributed by atoms with Crippen molar-refractivity contribution in [2.75, 3.05) is 7.11 Å². The van der Waals surface area contributed by atoms with Crippen LogP contribution in [0, 0.1) is 0 Å². The summed E-state index contributed by atoms with van der Waals surface area (Å²) in [6.45, 7) is 0. The van der Waals surface area contributed by atoms with Crippen LogP contribution in [0.1, 0.15) is 0 Å². The molecule has 0 spiro atoms. The molecule has 0 saturated carbocycles. The van der Waals surface area contributed by atoms with E-state index >= 15 is 0 Å². The largest absolute Gasteiger partial charge is 0.325 e. The number of fused-ring (bicyclic) bond motifs is 2. The molecule has 4 aromatic rings. The monoisotopic (exact) mass is 332 g/mol. The SMILES string of the molecule is COP(=O)(c1cccc2ccccc12)c1cccc2ccccc12. The maximum absolute atomic E-state index is 14.0. The maximum atomic E-state index is 14.0. The van der Waals surface area contributed by atoms with Gasteiger partial charge in [-0.3, -0.25) is 4.57 Å². The summed E-state index contributed by atoms with van der Waals surface area (Å²) in [5, 5.41) is 5.56. The summed E-state index contributed by atoms with van der Waals surface area (Å²) in [5.74, 6) is 0. The first-order chi connectivity index (χ1) is 11.7. The van der Waals surface area contributed by atoms with Gasteiger partial charge in [0.05, 0.1) is 0 Å². The van der Waals surface area contributed by atoms with Crippen molar-refractivity contribution in [2.45, 2.75) is 0 Å². The predicted octanol–water partition coefficient (Wildman–Crippen LogP) is 4.87. The molecule has 0 heterocycles. The van der Waals surface area contributed by atoms with Crippen LogP contribution in [0.25, 0.3) is 21.5 Å². The average molecular weight is 332 g/mol. The first-order valence-electron chi connectivity index (χ1n) is 7.86. The summed E-state index contributed by atoms with van der Waals surface area (Å²) in [7, 11) is -1.66. The zero-order chi connectivity index (χ0) is 16.6. The van der Waals surface area contributed by atoms with Gasteiger partial charge in [-0.15, -0.1) is 0 Å². The molecule has 0 saturated heterocycles. The van der Waals surface area contributed by atoms with E-state index in [1.54, 1.807) is 0 Å². The quantitative estimate of drug-likeness (QED) is 0.500. The van der Waals surface area contributed by atoms with Gasteiger partial charge < -0.3 is 4.52 Å². The lowest BCUT2D eigenvalue weighted by Gasteiger charge is -2.20. The fourth-order valence-corrected chi connectivity index (χ4v) is 5.52. The van der Waals surface area contributed by atoms with E-state index in [-0.39, 0.29) is 0 Å². The Bertz CT molecular complexity index is 991. The molecule has 3 heteroatoms. The summed E-state index contributed by atoms with van der Waals surface area (Å²) < 4.78 is 19.7. The van der Waals surface area contributed by atoms with Crippen molar-refractivity contribution in [1.29, 1.82) is 0 Å². The van der Waals surface area contributed by atoms with Gasteiger partial charge >= 0.3 is 0 Å². The second-order valence-corrected chi connectivity index (χ2v) is 8.16. The van der Waals surface area contributed by atoms with Crippen LogP contribution >= 0.6 is 7.37 Å². The molecule has 0 atom stereocenters. The highest BCUT2D eigenvalue weighted by Gasteiger charge is 2.30. The highest BCUT2D eigenvalue weighted by Crippen LogP contribution is 2.47. The van der Waals surface area contributed by atoms with Crippen LogP contribution in [-0.2, 0) is 9.09 Å². The smallest absolute Gasteiger partial charge is 0.262 e. The van der Waals surface area contributed by atoms with E-state index in [1.807, 2.05) is 84.9 Å². The molecule has 118 valence electrons. The van der Waals surface area contributed by atoms with Gasteiger partial charge in [-0.05, 0) is 33.7 Å². The molecule has 4 aromatic carbocycles. The fraction of sp³-hybridized carbons (Fsp3) is 0.0476. The van der Waals surface area contributed by atoms with Crippen LogP contribution in [0.4, 0.5) is 0 Å². The van der Waals surface area contributed by atoms with E-state index in [1.165, 1.54) is 7.11 Å². The van der Waals surface area contributed by atoms with Gasteiger partial charge in [0.25, 0.3) is 7.37 Å². The fourth-order valence-electron chi connectivity index (χ4n) is 3.26. The minimum Gasteiger partial charge on any atom is -0.325 e. The molecule has 24 heavy (non-hydrogen) atoms. The minimum absolute atomic E-state index is 0.749. The van der Waals surface area contributed by atoms with Crippen LogP contribution in [0.2, 0.25) is 0 Å². The van der Waals surface area contributed by atoms with Gasteiger partial charge in [0.15, 0.2) is 0 Å². The number of hydrogen-bond donors (Lipinski definition) is 0. The highest BCUT2D eigenvalue weighted by atomic mass is 31.2. The molecule has 0 N–H and O–H groups in total. The third-order valence-electron chi connectivity index (χ3n) is 4.42. The molecule has 2 nitrogen and oxygen atoms in total. The molecule has 4 rings (SSSR count). The van der Waals surface area contributed by atoms with Crippen LogP contribution < -0.4 is 10.6 Å². The Kier molecular flexibility index (Phi) is 3.72. The Morgan fingerprint density at radius 3 is 1.50 bits per heavy atom. The Hall–Kier alpha value is -2.41. The molecular weight excluding hydrogens is 315 g/mol. The van der Waals surface area contributed by atoms with Gasteiger partial charge in [0.2, 0.25) is 0 Å². The lowest BCUT2D eigenvalue weighted by molar-refractivity contribution is 0.412. The second kappa shape index (κ2) is 5.90. The molecule has 0 aromatic heterocycles. The molecule has 0 aliphatic heterocycles.